The SMILES string of the molecule is FC1CC1(F)OC(F)(F)F. The van der Waals surface area contributed by atoms with Gasteiger partial charge in [0.25, 0.3) is 5.85 Å². The van der Waals surface area contributed by atoms with Gasteiger partial charge in [-0.05, 0) is 0 Å². The molecule has 1 aliphatic rings. The third-order valence-electron chi connectivity index (χ3n) is 1.05. The predicted molar refractivity (Wildman–Crippen MR) is 20.5 cm³/mol. The molecule has 0 aromatic rings. The molecule has 6 heteroatoms. The van der Waals surface area contributed by atoms with Crippen LogP contribution >= 0.6 is 0 Å². The van der Waals surface area contributed by atoms with Crippen molar-refractivity contribution in [3.05, 3.63) is 0 Å². The lowest BCUT2D eigenvalue weighted by Gasteiger charge is -2.09. The highest BCUT2D eigenvalue weighted by Crippen LogP contribution is 2.47. The van der Waals surface area contributed by atoms with E-state index in [0.717, 1.165) is 0 Å². The maximum absolute atomic E-state index is 12.1. The number of halogens is 5. The Labute approximate surface area is 52.8 Å². The van der Waals surface area contributed by atoms with E-state index >= 15 is 0 Å². The van der Waals surface area contributed by atoms with Gasteiger partial charge in [-0.2, -0.15) is 0 Å². The molecule has 1 nitrogen and oxygen atoms in total. The van der Waals surface area contributed by atoms with Gasteiger partial charge in [-0.3, -0.25) is 4.74 Å². The van der Waals surface area contributed by atoms with E-state index in [1.807, 2.05) is 0 Å². The Hall–Kier alpha value is -0.390. The van der Waals surface area contributed by atoms with Crippen LogP contribution in [0.3, 0.4) is 0 Å². The Bertz CT molecular complexity index is 143. The van der Waals surface area contributed by atoms with Crippen LogP contribution in [0.15, 0.2) is 0 Å². The summed E-state index contributed by atoms with van der Waals surface area (Å²) in [5.41, 5.74) is 0. The molecule has 1 saturated carbocycles. The van der Waals surface area contributed by atoms with E-state index in [-0.39, 0.29) is 0 Å². The Morgan fingerprint density at radius 2 is 1.80 bits per heavy atom. The van der Waals surface area contributed by atoms with E-state index < -0.39 is 24.8 Å². The minimum atomic E-state index is -5.09. The summed E-state index contributed by atoms with van der Waals surface area (Å²) in [4.78, 5) is 0. The van der Waals surface area contributed by atoms with Gasteiger partial charge in [0.2, 0.25) is 0 Å². The third-order valence-corrected chi connectivity index (χ3v) is 1.05. The van der Waals surface area contributed by atoms with Gasteiger partial charge in [0.05, 0.1) is 0 Å². The molecule has 0 aromatic carbocycles. The summed E-state index contributed by atoms with van der Waals surface area (Å²) >= 11 is 0. The van der Waals surface area contributed by atoms with Gasteiger partial charge in [0, 0.05) is 6.42 Å². The number of hydrogen-bond acceptors (Lipinski definition) is 1. The molecule has 0 bridgehead atoms. The van der Waals surface area contributed by atoms with Crippen LogP contribution in [0.5, 0.6) is 0 Å². The topological polar surface area (TPSA) is 9.23 Å². The molecule has 2 unspecified atom stereocenters. The van der Waals surface area contributed by atoms with Gasteiger partial charge >= 0.3 is 6.36 Å². The van der Waals surface area contributed by atoms with Gasteiger partial charge in [0.15, 0.2) is 6.17 Å². The molecule has 60 valence electrons. The van der Waals surface area contributed by atoms with Gasteiger partial charge in [-0.1, -0.05) is 0 Å². The van der Waals surface area contributed by atoms with Crippen LogP contribution in [0, 0.1) is 0 Å². The van der Waals surface area contributed by atoms with Crippen molar-refractivity contribution in [1.29, 1.82) is 0 Å². The second-order valence-electron chi connectivity index (χ2n) is 2.01. The lowest BCUT2D eigenvalue weighted by Crippen LogP contribution is -2.23. The summed E-state index contributed by atoms with van der Waals surface area (Å²) < 4.78 is 60.0. The number of rotatable bonds is 1. The zero-order valence-corrected chi connectivity index (χ0v) is 4.58. The minimum absolute atomic E-state index is 0.827. The van der Waals surface area contributed by atoms with E-state index in [1.165, 1.54) is 0 Å². The van der Waals surface area contributed by atoms with Crippen LogP contribution in [-0.4, -0.2) is 18.4 Å². The second kappa shape index (κ2) is 1.81. The fourth-order valence-electron chi connectivity index (χ4n) is 0.483. The lowest BCUT2D eigenvalue weighted by atomic mass is 10.7. The molecule has 0 saturated heterocycles. The van der Waals surface area contributed by atoms with E-state index in [1.54, 1.807) is 0 Å². The van der Waals surface area contributed by atoms with Gasteiger partial charge in [-0.25, -0.2) is 8.78 Å². The van der Waals surface area contributed by atoms with Crippen LogP contribution in [0.1, 0.15) is 6.42 Å². The summed E-state index contributed by atoms with van der Waals surface area (Å²) in [6.45, 7) is 0. The highest BCUT2D eigenvalue weighted by atomic mass is 19.4. The fourth-order valence-corrected chi connectivity index (χ4v) is 0.483. The van der Waals surface area contributed by atoms with Crippen LogP contribution in [0.25, 0.3) is 0 Å². The highest BCUT2D eigenvalue weighted by Gasteiger charge is 2.63. The standard InChI is InChI=1S/C4H3F5O/c5-2-1-3(2,6)10-4(7,8)9/h2H,1H2. The molecule has 10 heavy (non-hydrogen) atoms. The smallest absolute Gasteiger partial charge is 0.251 e. The van der Waals surface area contributed by atoms with Gasteiger partial charge in [-0.15, -0.1) is 13.2 Å². The average Bonchev–Trinajstić information content (AvgIpc) is 2.05. The summed E-state index contributed by atoms with van der Waals surface area (Å²) in [5.74, 6) is -3.10. The highest BCUT2D eigenvalue weighted by molar-refractivity contribution is 4.97. The van der Waals surface area contributed by atoms with E-state index in [0.29, 0.717) is 0 Å². The van der Waals surface area contributed by atoms with Crippen molar-refractivity contribution in [1.82, 2.24) is 0 Å². The predicted octanol–water partition coefficient (Wildman–Crippen LogP) is 1.93. The van der Waals surface area contributed by atoms with E-state index in [2.05, 4.69) is 4.74 Å². The first-order valence-electron chi connectivity index (χ1n) is 2.43. The molecule has 2 atom stereocenters. The van der Waals surface area contributed by atoms with Gasteiger partial charge < -0.3 is 0 Å². The monoisotopic (exact) mass is 162 g/mol. The summed E-state index contributed by atoms with van der Waals surface area (Å²) in [5, 5.41) is 0. The van der Waals surface area contributed by atoms with E-state index in [9.17, 15) is 22.0 Å². The number of hydrogen-bond donors (Lipinski definition) is 0. The Kier molecular flexibility index (Phi) is 1.39. The third kappa shape index (κ3) is 1.56. The van der Waals surface area contributed by atoms with Crippen LogP contribution in [-0.2, 0) is 4.74 Å². The van der Waals surface area contributed by atoms with Crippen molar-refractivity contribution in [2.24, 2.45) is 0 Å². The maximum atomic E-state index is 12.1. The molecule has 0 aromatic heterocycles. The lowest BCUT2D eigenvalue weighted by molar-refractivity contribution is -0.372. The molecule has 1 aliphatic carbocycles. The maximum Gasteiger partial charge on any atom is 0.525 e. The number of alkyl halides is 5. The van der Waals surface area contributed by atoms with Crippen molar-refractivity contribution < 1.29 is 26.7 Å². The average molecular weight is 162 g/mol. The Morgan fingerprint density at radius 1 is 1.40 bits per heavy atom. The molecule has 0 heterocycles. The quantitative estimate of drug-likeness (QED) is 0.535. The first-order chi connectivity index (χ1) is 4.33. The van der Waals surface area contributed by atoms with E-state index in [4.69, 9.17) is 0 Å². The molecular weight excluding hydrogens is 159 g/mol. The first kappa shape index (κ1) is 7.71. The molecule has 0 radical (unpaired) electrons. The zero-order valence-electron chi connectivity index (χ0n) is 4.58. The van der Waals surface area contributed by atoms with Crippen molar-refractivity contribution >= 4 is 0 Å². The summed E-state index contributed by atoms with van der Waals surface area (Å²) in [7, 11) is 0. The molecule has 0 spiro atoms. The number of ether oxygens (including phenoxy) is 1. The first-order valence-corrected chi connectivity index (χ1v) is 2.43. The van der Waals surface area contributed by atoms with Crippen molar-refractivity contribution in [3.8, 4) is 0 Å². The Morgan fingerprint density at radius 3 is 1.90 bits per heavy atom. The molecule has 0 aliphatic heterocycles. The van der Waals surface area contributed by atoms with Crippen molar-refractivity contribution in [2.75, 3.05) is 0 Å². The zero-order chi connectivity index (χ0) is 7.99. The van der Waals surface area contributed by atoms with Crippen LogP contribution < -0.4 is 0 Å². The van der Waals surface area contributed by atoms with Crippen molar-refractivity contribution in [2.45, 2.75) is 24.8 Å². The molecule has 1 rings (SSSR count). The second-order valence-corrected chi connectivity index (χ2v) is 2.01. The largest absolute Gasteiger partial charge is 0.525 e. The summed E-state index contributed by atoms with van der Waals surface area (Å²) in [6, 6.07) is 0. The van der Waals surface area contributed by atoms with Gasteiger partial charge in [0.1, 0.15) is 0 Å². The summed E-state index contributed by atoms with van der Waals surface area (Å²) in [6.07, 6.45) is -8.05. The fraction of sp³-hybridized carbons (Fsp3) is 1.00. The molecule has 1 fully saturated rings. The molecular formula is C4H3F5O. The van der Waals surface area contributed by atoms with Crippen molar-refractivity contribution in [3.63, 3.8) is 0 Å². The molecule has 0 amide bonds. The molecule has 0 N–H and O–H groups in total. The van der Waals surface area contributed by atoms with Crippen LogP contribution in [0.4, 0.5) is 22.0 Å². The Balaban J connectivity index is 2.41. The normalized spacial score (nSPS) is 39.9. The van der Waals surface area contributed by atoms with Crippen LogP contribution in [0.2, 0.25) is 0 Å². The minimum Gasteiger partial charge on any atom is -0.251 e.